The fourth-order valence-electron chi connectivity index (χ4n) is 8.29. The molecule has 10 rings (SSSR count). The summed E-state index contributed by atoms with van der Waals surface area (Å²) in [6.45, 7) is 0. The number of aromatic nitrogens is 2. The van der Waals surface area contributed by atoms with Crippen molar-refractivity contribution in [1.29, 1.82) is 0 Å². The van der Waals surface area contributed by atoms with Crippen molar-refractivity contribution in [3.8, 4) is 44.8 Å². The van der Waals surface area contributed by atoms with Gasteiger partial charge >= 0.3 is 6.18 Å². The summed E-state index contributed by atoms with van der Waals surface area (Å²) in [7, 11) is 0. The monoisotopic (exact) mass is 740 g/mol. The molecule has 0 aliphatic carbocycles. The molecule has 0 aliphatic heterocycles. The SMILES string of the molecule is Fc1cc(F)cc(-c2ccc(-n3c4ccccc4c4cc(-c5ccccc5)ccc43)c(C(F)(F)F)c2-n2c3ccccc3c3cc(-c4ccccc4)ccc32)c1. The molecule has 0 bridgehead atoms. The van der Waals surface area contributed by atoms with E-state index in [4.69, 9.17) is 0 Å². The second-order valence-corrected chi connectivity index (χ2v) is 13.9. The van der Waals surface area contributed by atoms with Crippen LogP contribution >= 0.6 is 0 Å². The van der Waals surface area contributed by atoms with Gasteiger partial charge in [0.2, 0.25) is 0 Å². The third-order valence-electron chi connectivity index (χ3n) is 10.6. The molecule has 2 heterocycles. The summed E-state index contributed by atoms with van der Waals surface area (Å²) in [5, 5.41) is 3.05. The Morgan fingerprint density at radius 3 is 1.36 bits per heavy atom. The van der Waals surface area contributed by atoms with E-state index < -0.39 is 23.4 Å². The Labute approximate surface area is 317 Å². The van der Waals surface area contributed by atoms with Crippen LogP contribution in [0, 0.1) is 11.6 Å². The van der Waals surface area contributed by atoms with Crippen LogP contribution in [0.4, 0.5) is 22.0 Å². The third kappa shape index (κ3) is 5.38. The molecule has 0 saturated carbocycles. The first-order valence-electron chi connectivity index (χ1n) is 18.1. The van der Waals surface area contributed by atoms with E-state index in [1.54, 1.807) is 27.3 Å². The van der Waals surface area contributed by atoms with Crippen LogP contribution in [0.5, 0.6) is 0 Å². The Morgan fingerprint density at radius 1 is 0.357 bits per heavy atom. The first kappa shape index (κ1) is 33.6. The van der Waals surface area contributed by atoms with Crippen LogP contribution in [-0.2, 0) is 6.18 Å². The average Bonchev–Trinajstić information content (AvgIpc) is 3.72. The van der Waals surface area contributed by atoms with Gasteiger partial charge in [0.25, 0.3) is 0 Å². The van der Waals surface area contributed by atoms with Gasteiger partial charge in [0.05, 0.1) is 33.4 Å². The minimum absolute atomic E-state index is 0.0175. The van der Waals surface area contributed by atoms with Gasteiger partial charge < -0.3 is 9.13 Å². The first-order valence-corrected chi connectivity index (χ1v) is 18.1. The Morgan fingerprint density at radius 2 is 0.821 bits per heavy atom. The van der Waals surface area contributed by atoms with Gasteiger partial charge in [0.15, 0.2) is 0 Å². The van der Waals surface area contributed by atoms with E-state index in [2.05, 4.69) is 0 Å². The van der Waals surface area contributed by atoms with Gasteiger partial charge in [-0.1, -0.05) is 115 Å². The number of benzene rings is 8. The lowest BCUT2D eigenvalue weighted by molar-refractivity contribution is -0.137. The molecule has 2 nitrogen and oxygen atoms in total. The molecule has 0 N–H and O–H groups in total. The summed E-state index contributed by atoms with van der Waals surface area (Å²) in [5.74, 6) is -1.79. The highest BCUT2D eigenvalue weighted by Gasteiger charge is 2.40. The fraction of sp³-hybridized carbons (Fsp3) is 0.0204. The molecule has 0 saturated heterocycles. The molecule has 2 aromatic heterocycles. The second-order valence-electron chi connectivity index (χ2n) is 13.9. The standard InChI is InChI=1S/C49H29F5N2/c50-35-25-34(26-36(51)29-35)37-21-24-46(55-42-17-9-7-15-38(42)40-27-32(19-22-44(40)55)30-11-3-1-4-12-30)47(49(52,53)54)48(37)56-43-18-10-8-16-39(43)41-28-33(20-23-45(41)56)31-13-5-2-6-14-31/h1-29H. The van der Waals surface area contributed by atoms with E-state index in [9.17, 15) is 8.78 Å². The maximum atomic E-state index is 16.3. The molecule has 56 heavy (non-hydrogen) atoms. The molecule has 8 aromatic carbocycles. The van der Waals surface area contributed by atoms with Crippen molar-refractivity contribution in [2.45, 2.75) is 6.18 Å². The van der Waals surface area contributed by atoms with Crippen LogP contribution < -0.4 is 0 Å². The summed E-state index contributed by atoms with van der Waals surface area (Å²) in [6.07, 6.45) is -4.93. The molecule has 0 aliphatic rings. The van der Waals surface area contributed by atoms with Crippen LogP contribution in [0.15, 0.2) is 176 Å². The van der Waals surface area contributed by atoms with E-state index in [0.717, 1.165) is 62.0 Å². The molecular formula is C49H29F5N2. The van der Waals surface area contributed by atoms with Gasteiger partial charge in [-0.3, -0.25) is 0 Å². The average molecular weight is 741 g/mol. The molecule has 0 atom stereocenters. The zero-order chi connectivity index (χ0) is 38.1. The lowest BCUT2D eigenvalue weighted by atomic mass is 9.96. The van der Waals surface area contributed by atoms with Crippen LogP contribution in [0.3, 0.4) is 0 Å². The van der Waals surface area contributed by atoms with Crippen LogP contribution in [0.2, 0.25) is 0 Å². The Kier molecular flexibility index (Phi) is 7.68. The zero-order valence-corrected chi connectivity index (χ0v) is 29.5. The van der Waals surface area contributed by atoms with Crippen LogP contribution in [-0.4, -0.2) is 9.13 Å². The zero-order valence-electron chi connectivity index (χ0n) is 29.5. The molecule has 0 amide bonds. The number of hydrogen-bond donors (Lipinski definition) is 0. The molecular weight excluding hydrogens is 712 g/mol. The largest absolute Gasteiger partial charge is 0.420 e. The quantitative estimate of drug-likeness (QED) is 0.156. The van der Waals surface area contributed by atoms with Crippen molar-refractivity contribution in [1.82, 2.24) is 9.13 Å². The topological polar surface area (TPSA) is 9.86 Å². The maximum Gasteiger partial charge on any atom is 0.420 e. The lowest BCUT2D eigenvalue weighted by Gasteiger charge is -2.24. The van der Waals surface area contributed by atoms with Gasteiger partial charge in [-0.05, 0) is 82.4 Å². The molecule has 0 unspecified atom stereocenters. The van der Waals surface area contributed by atoms with Crippen molar-refractivity contribution in [3.05, 3.63) is 193 Å². The minimum atomic E-state index is -4.93. The van der Waals surface area contributed by atoms with E-state index in [1.165, 1.54) is 6.07 Å². The molecule has 0 radical (unpaired) electrons. The van der Waals surface area contributed by atoms with Crippen LogP contribution in [0.25, 0.3) is 88.4 Å². The predicted molar refractivity (Wildman–Crippen MR) is 216 cm³/mol. The van der Waals surface area contributed by atoms with Gasteiger partial charge in [0, 0.05) is 33.2 Å². The highest BCUT2D eigenvalue weighted by molar-refractivity contribution is 6.12. The van der Waals surface area contributed by atoms with Gasteiger partial charge in [-0.2, -0.15) is 13.2 Å². The van der Waals surface area contributed by atoms with E-state index in [0.29, 0.717) is 22.1 Å². The van der Waals surface area contributed by atoms with Gasteiger partial charge in [-0.25, -0.2) is 8.78 Å². The van der Waals surface area contributed by atoms with Crippen molar-refractivity contribution < 1.29 is 22.0 Å². The molecule has 0 fully saturated rings. The number of halogens is 5. The molecule has 270 valence electrons. The van der Waals surface area contributed by atoms with Crippen LogP contribution in [0.1, 0.15) is 5.56 Å². The van der Waals surface area contributed by atoms with Gasteiger partial charge in [-0.15, -0.1) is 0 Å². The minimum Gasteiger partial charge on any atom is -0.309 e. The highest BCUT2D eigenvalue weighted by Crippen LogP contribution is 2.48. The summed E-state index contributed by atoms with van der Waals surface area (Å²) in [4.78, 5) is 0. The summed E-state index contributed by atoms with van der Waals surface area (Å²) in [5.41, 5.74) is 4.71. The highest BCUT2D eigenvalue weighted by atomic mass is 19.4. The van der Waals surface area contributed by atoms with Crippen molar-refractivity contribution in [2.75, 3.05) is 0 Å². The Bertz CT molecular complexity index is 3120. The summed E-state index contributed by atoms with van der Waals surface area (Å²) in [6, 6.07) is 51.7. The molecule has 10 aromatic rings. The van der Waals surface area contributed by atoms with Crippen molar-refractivity contribution in [2.24, 2.45) is 0 Å². The van der Waals surface area contributed by atoms with E-state index in [1.807, 2.05) is 133 Å². The normalized spacial score (nSPS) is 12.0. The third-order valence-corrected chi connectivity index (χ3v) is 10.6. The van der Waals surface area contributed by atoms with E-state index in [-0.39, 0.29) is 22.5 Å². The second kappa shape index (κ2) is 12.8. The van der Waals surface area contributed by atoms with E-state index >= 15 is 13.2 Å². The molecule has 0 spiro atoms. The van der Waals surface area contributed by atoms with Crippen molar-refractivity contribution >= 4 is 43.6 Å². The number of fused-ring (bicyclic) bond motifs is 6. The first-order chi connectivity index (χ1) is 27.2. The maximum absolute atomic E-state index is 16.3. The lowest BCUT2D eigenvalue weighted by Crippen LogP contribution is -2.17. The predicted octanol–water partition coefficient (Wildman–Crippen LogP) is 14.2. The Balaban J connectivity index is 1.35. The number of para-hydroxylation sites is 2. The molecule has 7 heteroatoms. The number of nitrogens with zero attached hydrogens (tertiary/aromatic N) is 2. The summed E-state index contributed by atoms with van der Waals surface area (Å²) >= 11 is 0. The Hall–Kier alpha value is -6.99. The van der Waals surface area contributed by atoms with Crippen molar-refractivity contribution in [3.63, 3.8) is 0 Å². The number of hydrogen-bond acceptors (Lipinski definition) is 0. The fourth-order valence-corrected chi connectivity index (χ4v) is 8.29. The smallest absolute Gasteiger partial charge is 0.309 e. The summed E-state index contributed by atoms with van der Waals surface area (Å²) < 4.78 is 82.2. The number of alkyl halides is 3. The number of rotatable bonds is 5. The van der Waals surface area contributed by atoms with Gasteiger partial charge in [0.1, 0.15) is 17.2 Å².